The zero-order valence-electron chi connectivity index (χ0n) is 21.5. The van der Waals surface area contributed by atoms with E-state index in [4.69, 9.17) is 0 Å². The van der Waals surface area contributed by atoms with Crippen molar-refractivity contribution in [1.82, 2.24) is 15.2 Å². The number of likely N-dealkylation sites (tertiary alicyclic amines) is 1. The van der Waals surface area contributed by atoms with Crippen LogP contribution in [0.3, 0.4) is 0 Å². The first-order valence-corrected chi connectivity index (χ1v) is 12.3. The number of nitrogens with zero attached hydrogens (tertiary/aromatic N) is 2. The van der Waals surface area contributed by atoms with Crippen molar-refractivity contribution in [2.45, 2.75) is 44.9 Å². The summed E-state index contributed by atoms with van der Waals surface area (Å²) in [5, 5.41) is 12.7. The van der Waals surface area contributed by atoms with Crippen LogP contribution in [0.25, 0.3) is 11.1 Å². The van der Waals surface area contributed by atoms with E-state index in [1.807, 2.05) is 12.1 Å². The summed E-state index contributed by atoms with van der Waals surface area (Å²) >= 11 is 0. The number of nitrogens with one attached hydrogen (secondary N) is 1. The van der Waals surface area contributed by atoms with Gasteiger partial charge in [0.15, 0.2) is 0 Å². The summed E-state index contributed by atoms with van der Waals surface area (Å²) in [6.45, 7) is 5.56. The van der Waals surface area contributed by atoms with E-state index in [1.165, 1.54) is 32.0 Å². The number of carbonyl (C=O) groups is 2. The monoisotopic (exact) mass is 525 g/mol. The minimum Gasteiger partial charge on any atom is -0.389 e. The number of halogens is 3. The zero-order valence-corrected chi connectivity index (χ0v) is 21.5. The Balaban J connectivity index is 1.69. The number of amides is 2. The first-order valence-electron chi connectivity index (χ1n) is 12.3. The Morgan fingerprint density at radius 2 is 1.89 bits per heavy atom. The van der Waals surface area contributed by atoms with Gasteiger partial charge in [-0.1, -0.05) is 18.2 Å². The van der Waals surface area contributed by atoms with Crippen LogP contribution >= 0.6 is 0 Å². The van der Waals surface area contributed by atoms with Crippen LogP contribution in [0.5, 0.6) is 0 Å². The van der Waals surface area contributed by atoms with Crippen molar-refractivity contribution in [3.8, 4) is 11.1 Å². The van der Waals surface area contributed by atoms with Crippen LogP contribution in [0.4, 0.5) is 13.2 Å². The van der Waals surface area contributed by atoms with Crippen molar-refractivity contribution in [1.29, 1.82) is 0 Å². The molecule has 2 N–H and O–H groups in total. The summed E-state index contributed by atoms with van der Waals surface area (Å²) in [6, 6.07) is 11.9. The average Bonchev–Trinajstić information content (AvgIpc) is 3.36. The van der Waals surface area contributed by atoms with Crippen molar-refractivity contribution in [2.24, 2.45) is 0 Å². The van der Waals surface area contributed by atoms with Crippen LogP contribution in [-0.2, 0) is 6.18 Å². The van der Waals surface area contributed by atoms with Crippen molar-refractivity contribution < 1.29 is 27.9 Å². The van der Waals surface area contributed by atoms with Crippen molar-refractivity contribution in [2.75, 3.05) is 19.6 Å². The number of alkyl halides is 3. The minimum absolute atomic E-state index is 0.0573. The Morgan fingerprint density at radius 1 is 1.13 bits per heavy atom. The van der Waals surface area contributed by atoms with E-state index in [-0.39, 0.29) is 40.6 Å². The third kappa shape index (κ3) is 6.39. The van der Waals surface area contributed by atoms with Gasteiger partial charge in [0, 0.05) is 49.1 Å². The molecule has 1 aliphatic rings. The molecule has 1 unspecified atom stereocenters. The fourth-order valence-corrected chi connectivity index (χ4v) is 4.63. The van der Waals surface area contributed by atoms with E-state index in [9.17, 15) is 27.9 Å². The minimum atomic E-state index is -4.55. The predicted octanol–water partition coefficient (Wildman–Crippen LogP) is 5.21. The van der Waals surface area contributed by atoms with Gasteiger partial charge in [0.2, 0.25) is 0 Å². The second kappa shape index (κ2) is 10.6. The van der Waals surface area contributed by atoms with Crippen molar-refractivity contribution in [3.05, 3.63) is 88.7 Å². The Labute approximate surface area is 219 Å². The lowest BCUT2D eigenvalue weighted by Crippen LogP contribution is -2.38. The molecule has 6 nitrogen and oxygen atoms in total. The van der Waals surface area contributed by atoms with Gasteiger partial charge in [-0.2, -0.15) is 13.2 Å². The molecule has 1 atom stereocenters. The summed E-state index contributed by atoms with van der Waals surface area (Å²) in [4.78, 5) is 32.5. The van der Waals surface area contributed by atoms with Gasteiger partial charge in [0.25, 0.3) is 11.8 Å². The fraction of sp³-hybridized carbons (Fsp3) is 0.345. The van der Waals surface area contributed by atoms with Gasteiger partial charge in [-0.25, -0.2) is 0 Å². The number of benzene rings is 2. The smallest absolute Gasteiger partial charge is 0.389 e. The number of carbonyl (C=O) groups excluding carboxylic acids is 2. The molecule has 200 valence electrons. The molecule has 1 aromatic heterocycles. The standard InChI is InChI=1S/C29H30F3N3O3/c1-18-11-22(13-23(12-18)29(30,31)32)24-7-6-19(14-25(24)26(36)34-17-28(2,3)38)27(37)35-10-8-21(16-35)20-5-4-9-33-15-20/h4-7,9,11-15,21,38H,8,10,16-17H2,1-3H3,(H,34,36). The van der Waals surface area contributed by atoms with E-state index >= 15 is 0 Å². The number of hydrogen-bond donors (Lipinski definition) is 2. The lowest BCUT2D eigenvalue weighted by atomic mass is 9.93. The van der Waals surface area contributed by atoms with Crippen LogP contribution < -0.4 is 5.32 Å². The number of aliphatic hydroxyl groups is 1. The molecule has 0 bridgehead atoms. The Kier molecular flexibility index (Phi) is 7.60. The highest BCUT2D eigenvalue weighted by atomic mass is 19.4. The van der Waals surface area contributed by atoms with Crippen molar-refractivity contribution in [3.63, 3.8) is 0 Å². The lowest BCUT2D eigenvalue weighted by Gasteiger charge is -2.20. The summed E-state index contributed by atoms with van der Waals surface area (Å²) in [5.41, 5.74) is 0.197. The molecule has 1 fully saturated rings. The van der Waals surface area contributed by atoms with Gasteiger partial charge in [-0.3, -0.25) is 14.6 Å². The molecule has 3 aromatic rings. The summed E-state index contributed by atoms with van der Waals surface area (Å²) in [6.07, 6.45) is -0.298. The number of aromatic nitrogens is 1. The molecule has 0 aliphatic carbocycles. The van der Waals surface area contributed by atoms with E-state index in [2.05, 4.69) is 10.3 Å². The number of aryl methyl sites for hydroxylation is 1. The van der Waals surface area contributed by atoms with Gasteiger partial charge in [-0.05, 0) is 79.8 Å². The van der Waals surface area contributed by atoms with Gasteiger partial charge in [0.1, 0.15) is 0 Å². The Hall–Kier alpha value is -3.72. The SMILES string of the molecule is Cc1cc(-c2ccc(C(=O)N3CCC(c4cccnc4)C3)cc2C(=O)NCC(C)(C)O)cc(C(F)(F)F)c1. The maximum absolute atomic E-state index is 13.5. The largest absolute Gasteiger partial charge is 0.416 e. The van der Waals surface area contributed by atoms with Gasteiger partial charge in [0.05, 0.1) is 11.2 Å². The van der Waals surface area contributed by atoms with Crippen LogP contribution in [0, 0.1) is 6.92 Å². The molecule has 2 amide bonds. The quantitative estimate of drug-likeness (QED) is 0.463. The number of pyridine rings is 1. The summed E-state index contributed by atoms with van der Waals surface area (Å²) < 4.78 is 40.5. The van der Waals surface area contributed by atoms with E-state index in [0.29, 0.717) is 18.7 Å². The maximum atomic E-state index is 13.5. The fourth-order valence-electron chi connectivity index (χ4n) is 4.63. The molecule has 2 aromatic carbocycles. The predicted molar refractivity (Wildman–Crippen MR) is 138 cm³/mol. The second-order valence-corrected chi connectivity index (χ2v) is 10.4. The second-order valence-electron chi connectivity index (χ2n) is 10.4. The molecule has 0 radical (unpaired) electrons. The highest BCUT2D eigenvalue weighted by Gasteiger charge is 2.32. The summed E-state index contributed by atoms with van der Waals surface area (Å²) in [7, 11) is 0. The summed E-state index contributed by atoms with van der Waals surface area (Å²) in [5.74, 6) is -0.712. The molecule has 0 saturated carbocycles. The molecular formula is C29H30F3N3O3. The molecule has 38 heavy (non-hydrogen) atoms. The molecule has 2 heterocycles. The Bertz CT molecular complexity index is 1330. The molecule has 1 aliphatic heterocycles. The van der Waals surface area contributed by atoms with Crippen molar-refractivity contribution >= 4 is 11.8 Å². The number of rotatable bonds is 6. The zero-order chi connectivity index (χ0) is 27.7. The topological polar surface area (TPSA) is 82.5 Å². The van der Waals surface area contributed by atoms with Gasteiger partial charge < -0.3 is 15.3 Å². The third-order valence-electron chi connectivity index (χ3n) is 6.54. The van der Waals surface area contributed by atoms with Crippen LogP contribution in [0.15, 0.2) is 60.9 Å². The van der Waals surface area contributed by atoms with Gasteiger partial charge in [-0.15, -0.1) is 0 Å². The van der Waals surface area contributed by atoms with Crippen LogP contribution in [0.2, 0.25) is 0 Å². The highest BCUT2D eigenvalue weighted by Crippen LogP contribution is 2.35. The molecule has 9 heteroatoms. The molecule has 0 spiro atoms. The lowest BCUT2D eigenvalue weighted by molar-refractivity contribution is -0.137. The van der Waals surface area contributed by atoms with Crippen LogP contribution in [0.1, 0.15) is 63.6 Å². The molecule has 1 saturated heterocycles. The Morgan fingerprint density at radius 3 is 2.55 bits per heavy atom. The highest BCUT2D eigenvalue weighted by molar-refractivity contribution is 6.04. The average molecular weight is 526 g/mol. The molecular weight excluding hydrogens is 495 g/mol. The first kappa shape index (κ1) is 27.3. The van der Waals surface area contributed by atoms with E-state index in [1.54, 1.807) is 30.3 Å². The molecule has 4 rings (SSSR count). The van der Waals surface area contributed by atoms with E-state index < -0.39 is 23.2 Å². The van der Waals surface area contributed by atoms with Crippen LogP contribution in [-0.4, -0.2) is 52.0 Å². The number of hydrogen-bond acceptors (Lipinski definition) is 4. The van der Waals surface area contributed by atoms with Gasteiger partial charge >= 0.3 is 6.18 Å². The normalized spacial score (nSPS) is 16.0. The first-order chi connectivity index (χ1) is 17.8. The third-order valence-corrected chi connectivity index (χ3v) is 6.54. The van der Waals surface area contributed by atoms with E-state index in [0.717, 1.165) is 24.1 Å². The maximum Gasteiger partial charge on any atom is 0.416 e.